The van der Waals surface area contributed by atoms with Gasteiger partial charge in [-0.2, -0.15) is 0 Å². The van der Waals surface area contributed by atoms with Crippen molar-refractivity contribution in [1.29, 1.82) is 0 Å². The first-order valence-electron chi connectivity index (χ1n) is 6.57. The maximum Gasteiger partial charge on any atom is 0.0908 e. The molecule has 0 spiro atoms. The van der Waals surface area contributed by atoms with E-state index in [9.17, 15) is 5.11 Å². The van der Waals surface area contributed by atoms with Crippen LogP contribution in [0, 0.1) is 17.8 Å². The van der Waals surface area contributed by atoms with Crippen molar-refractivity contribution in [3.63, 3.8) is 0 Å². The van der Waals surface area contributed by atoms with Crippen molar-refractivity contribution in [3.8, 4) is 0 Å². The second kappa shape index (κ2) is 4.15. The fourth-order valence-corrected chi connectivity index (χ4v) is 4.61. The Hall–Kier alpha value is 0.210. The largest absolute Gasteiger partial charge is 0.389 e. The fourth-order valence-electron chi connectivity index (χ4n) is 4.53. The highest BCUT2D eigenvalue weighted by Crippen LogP contribution is 2.57. The molecule has 2 nitrogen and oxygen atoms in total. The molecule has 0 aromatic rings. The number of aliphatic hydroxyl groups excluding tert-OH is 1. The van der Waals surface area contributed by atoms with E-state index < -0.39 is 6.10 Å². The molecular formula is C13H21ClO2. The number of hydrogen-bond donors (Lipinski definition) is 1. The zero-order valence-electron chi connectivity index (χ0n) is 9.70. The van der Waals surface area contributed by atoms with Gasteiger partial charge in [0.1, 0.15) is 0 Å². The first-order valence-corrected chi connectivity index (χ1v) is 7.10. The fraction of sp³-hybridized carbons (Fsp3) is 1.00. The summed E-state index contributed by atoms with van der Waals surface area (Å²) in [7, 11) is 0. The summed E-state index contributed by atoms with van der Waals surface area (Å²) in [6.07, 6.45) is 7.49. The number of hydrogen-bond acceptors (Lipinski definition) is 2. The van der Waals surface area contributed by atoms with Gasteiger partial charge in [0.25, 0.3) is 0 Å². The van der Waals surface area contributed by atoms with Crippen molar-refractivity contribution in [1.82, 2.24) is 0 Å². The van der Waals surface area contributed by atoms with Crippen molar-refractivity contribution in [2.45, 2.75) is 50.2 Å². The molecule has 0 aliphatic heterocycles. The Morgan fingerprint density at radius 1 is 1.12 bits per heavy atom. The second-order valence-corrected chi connectivity index (χ2v) is 6.53. The van der Waals surface area contributed by atoms with Gasteiger partial charge in [-0.25, -0.2) is 0 Å². The topological polar surface area (TPSA) is 29.5 Å². The molecule has 1 N–H and O–H groups in total. The van der Waals surface area contributed by atoms with Crippen molar-refractivity contribution in [3.05, 3.63) is 0 Å². The summed E-state index contributed by atoms with van der Waals surface area (Å²) in [5, 5.41) is 9.50. The molecule has 3 heteroatoms. The minimum Gasteiger partial charge on any atom is -0.389 e. The molecule has 0 aromatic carbocycles. The van der Waals surface area contributed by atoms with Crippen molar-refractivity contribution in [2.75, 3.05) is 12.5 Å². The molecule has 16 heavy (non-hydrogen) atoms. The van der Waals surface area contributed by atoms with E-state index in [1.165, 1.54) is 38.5 Å². The molecule has 1 atom stereocenters. The number of alkyl halides is 1. The summed E-state index contributed by atoms with van der Waals surface area (Å²) in [4.78, 5) is 0. The van der Waals surface area contributed by atoms with Crippen LogP contribution in [-0.2, 0) is 4.74 Å². The lowest BCUT2D eigenvalue weighted by Gasteiger charge is -2.56. The molecular weight excluding hydrogens is 224 g/mol. The number of rotatable bonds is 4. The molecule has 0 saturated heterocycles. The van der Waals surface area contributed by atoms with Gasteiger partial charge in [-0.15, -0.1) is 11.6 Å². The standard InChI is InChI=1S/C13H21ClO2/c14-7-12(15)8-16-13-4-9-1-10(5-13)3-11(2-9)6-13/h9-12,15H,1-8H2. The summed E-state index contributed by atoms with van der Waals surface area (Å²) in [6, 6.07) is 0. The van der Waals surface area contributed by atoms with Gasteiger partial charge in [0, 0.05) is 0 Å². The Morgan fingerprint density at radius 3 is 2.06 bits per heavy atom. The van der Waals surface area contributed by atoms with Crippen molar-refractivity contribution < 1.29 is 9.84 Å². The normalized spacial score (nSPS) is 47.2. The minimum atomic E-state index is -0.491. The lowest BCUT2D eigenvalue weighted by molar-refractivity contribution is -0.173. The maximum absolute atomic E-state index is 9.50. The molecule has 4 aliphatic carbocycles. The number of halogens is 1. The van der Waals surface area contributed by atoms with Crippen LogP contribution in [0.25, 0.3) is 0 Å². The van der Waals surface area contributed by atoms with E-state index in [0.717, 1.165) is 17.8 Å². The Balaban J connectivity index is 1.64. The summed E-state index contributed by atoms with van der Waals surface area (Å²) in [5.74, 6) is 2.99. The van der Waals surface area contributed by atoms with Crippen LogP contribution in [0.2, 0.25) is 0 Å². The van der Waals surface area contributed by atoms with Crippen LogP contribution in [0.4, 0.5) is 0 Å². The second-order valence-electron chi connectivity index (χ2n) is 6.22. The average molecular weight is 245 g/mol. The Kier molecular flexibility index (Phi) is 2.93. The third-order valence-corrected chi connectivity index (χ3v) is 5.10. The first kappa shape index (κ1) is 11.3. The Morgan fingerprint density at radius 2 is 1.62 bits per heavy atom. The van der Waals surface area contributed by atoms with Crippen LogP contribution in [0.1, 0.15) is 38.5 Å². The molecule has 1 unspecified atom stereocenters. The minimum absolute atomic E-state index is 0.113. The van der Waals surface area contributed by atoms with Gasteiger partial charge in [-0.3, -0.25) is 0 Å². The van der Waals surface area contributed by atoms with Crippen LogP contribution >= 0.6 is 11.6 Å². The van der Waals surface area contributed by atoms with Gasteiger partial charge in [-0.05, 0) is 56.3 Å². The van der Waals surface area contributed by atoms with E-state index >= 15 is 0 Å². The lowest BCUT2D eigenvalue weighted by atomic mass is 9.54. The molecule has 0 aromatic heterocycles. The summed E-state index contributed by atoms with van der Waals surface area (Å²) >= 11 is 5.61. The highest BCUT2D eigenvalue weighted by molar-refractivity contribution is 6.18. The third-order valence-electron chi connectivity index (χ3n) is 4.74. The van der Waals surface area contributed by atoms with E-state index in [-0.39, 0.29) is 11.5 Å². The highest BCUT2D eigenvalue weighted by Gasteiger charge is 2.51. The van der Waals surface area contributed by atoms with E-state index in [4.69, 9.17) is 16.3 Å². The molecule has 0 heterocycles. The van der Waals surface area contributed by atoms with E-state index in [1.807, 2.05) is 0 Å². The van der Waals surface area contributed by atoms with E-state index in [1.54, 1.807) is 0 Å². The van der Waals surface area contributed by atoms with Gasteiger partial charge in [0.05, 0.1) is 24.2 Å². The molecule has 92 valence electrons. The van der Waals surface area contributed by atoms with E-state index in [2.05, 4.69) is 0 Å². The highest BCUT2D eigenvalue weighted by atomic mass is 35.5. The molecule has 0 amide bonds. The number of ether oxygens (including phenoxy) is 1. The zero-order chi connectivity index (χ0) is 11.2. The quantitative estimate of drug-likeness (QED) is 0.771. The van der Waals surface area contributed by atoms with Gasteiger partial charge in [0.15, 0.2) is 0 Å². The van der Waals surface area contributed by atoms with Crippen LogP contribution in [0.5, 0.6) is 0 Å². The third kappa shape index (κ3) is 2.00. The van der Waals surface area contributed by atoms with Crippen LogP contribution in [0.15, 0.2) is 0 Å². The first-order chi connectivity index (χ1) is 7.69. The van der Waals surface area contributed by atoms with E-state index in [0.29, 0.717) is 6.61 Å². The summed E-state index contributed by atoms with van der Waals surface area (Å²) in [6.45, 7) is 0.426. The monoisotopic (exact) mass is 244 g/mol. The van der Waals surface area contributed by atoms with Gasteiger partial charge in [0.2, 0.25) is 0 Å². The van der Waals surface area contributed by atoms with Crippen LogP contribution in [0.3, 0.4) is 0 Å². The molecule has 4 fully saturated rings. The lowest BCUT2D eigenvalue weighted by Crippen LogP contribution is -2.52. The summed E-state index contributed by atoms with van der Waals surface area (Å²) < 4.78 is 6.06. The van der Waals surface area contributed by atoms with Crippen molar-refractivity contribution >= 4 is 11.6 Å². The van der Waals surface area contributed by atoms with Crippen molar-refractivity contribution in [2.24, 2.45) is 17.8 Å². The summed E-state index contributed by atoms with van der Waals surface area (Å²) in [5.41, 5.74) is 0.113. The van der Waals surface area contributed by atoms with Gasteiger partial charge < -0.3 is 9.84 Å². The predicted molar refractivity (Wildman–Crippen MR) is 63.6 cm³/mol. The molecule has 4 bridgehead atoms. The molecule has 4 aliphatic rings. The van der Waals surface area contributed by atoms with Crippen LogP contribution in [-0.4, -0.2) is 29.3 Å². The Labute approximate surface area is 102 Å². The SMILES string of the molecule is OC(CCl)COC12CC3CC(CC(C3)C1)C2. The van der Waals surface area contributed by atoms with Gasteiger partial charge in [-0.1, -0.05) is 0 Å². The molecule has 4 rings (SSSR count). The zero-order valence-corrected chi connectivity index (χ0v) is 10.5. The number of aliphatic hydroxyl groups is 1. The average Bonchev–Trinajstić information content (AvgIpc) is 2.24. The molecule has 0 radical (unpaired) electrons. The predicted octanol–water partition coefficient (Wildman–Crippen LogP) is 2.57. The Bertz CT molecular complexity index is 231. The van der Waals surface area contributed by atoms with Gasteiger partial charge >= 0.3 is 0 Å². The maximum atomic E-state index is 9.50. The smallest absolute Gasteiger partial charge is 0.0908 e. The molecule has 4 saturated carbocycles. The van der Waals surface area contributed by atoms with Crippen LogP contribution < -0.4 is 0 Å².